The molecular weight excluding hydrogens is 324 g/mol. The largest absolute Gasteiger partial charge is 0.487 e. The second kappa shape index (κ2) is 7.61. The molecule has 0 unspecified atom stereocenters. The number of aromatic nitrogens is 1. The van der Waals surface area contributed by atoms with E-state index in [2.05, 4.69) is 15.0 Å². The highest BCUT2D eigenvalue weighted by Crippen LogP contribution is 2.27. The third kappa shape index (κ3) is 4.21. The predicted molar refractivity (Wildman–Crippen MR) is 80.5 cm³/mol. The van der Waals surface area contributed by atoms with Gasteiger partial charge in [0.15, 0.2) is 16.5 Å². The minimum atomic E-state index is -0.706. The fourth-order valence-corrected chi connectivity index (χ4v) is 2.65. The number of nitrogens with zero attached hydrogens (tertiary/aromatic N) is 4. The van der Waals surface area contributed by atoms with Gasteiger partial charge in [-0.05, 0) is 18.5 Å². The highest BCUT2D eigenvalue weighted by molar-refractivity contribution is 7.10. The van der Waals surface area contributed by atoms with Gasteiger partial charge in [0.05, 0.1) is 12.6 Å². The van der Waals surface area contributed by atoms with Crippen LogP contribution < -0.4 is 0 Å². The zero-order chi connectivity index (χ0) is 16.8. The molecule has 0 N–H and O–H groups in total. The SMILES string of the molecule is CCOC(=O)c1csc(C2=C[C@@H](N=[N+]=[N-])[C@H](OC(C)=O)CO2)n1. The lowest BCUT2D eigenvalue weighted by atomic mass is 10.1. The Kier molecular flexibility index (Phi) is 5.56. The second-order valence-corrected chi connectivity index (χ2v) is 5.30. The van der Waals surface area contributed by atoms with Crippen LogP contribution in [0.15, 0.2) is 16.6 Å². The number of hydrogen-bond acceptors (Lipinski definition) is 8. The fourth-order valence-electron chi connectivity index (χ4n) is 1.88. The Labute approximate surface area is 135 Å². The van der Waals surface area contributed by atoms with Crippen LogP contribution in [0.3, 0.4) is 0 Å². The molecule has 0 saturated heterocycles. The van der Waals surface area contributed by atoms with Gasteiger partial charge in [0.2, 0.25) is 0 Å². The summed E-state index contributed by atoms with van der Waals surface area (Å²) in [5.41, 5.74) is 8.82. The van der Waals surface area contributed by atoms with E-state index in [4.69, 9.17) is 19.7 Å². The van der Waals surface area contributed by atoms with E-state index >= 15 is 0 Å². The Morgan fingerprint density at radius 3 is 3.04 bits per heavy atom. The molecular formula is C13H14N4O5S. The first kappa shape index (κ1) is 16.8. The predicted octanol–water partition coefficient (Wildman–Crippen LogP) is 2.30. The van der Waals surface area contributed by atoms with Gasteiger partial charge in [0.1, 0.15) is 12.7 Å². The maximum Gasteiger partial charge on any atom is 0.357 e. The molecule has 1 aliphatic rings. The van der Waals surface area contributed by atoms with Crippen molar-refractivity contribution in [2.75, 3.05) is 13.2 Å². The zero-order valence-corrected chi connectivity index (χ0v) is 13.3. The van der Waals surface area contributed by atoms with Crippen molar-refractivity contribution in [1.82, 2.24) is 4.98 Å². The van der Waals surface area contributed by atoms with Gasteiger partial charge in [-0.25, -0.2) is 9.78 Å². The Bertz CT molecular complexity index is 680. The second-order valence-electron chi connectivity index (χ2n) is 4.44. The average molecular weight is 338 g/mol. The quantitative estimate of drug-likeness (QED) is 0.351. The molecule has 122 valence electrons. The van der Waals surface area contributed by atoms with Crippen molar-refractivity contribution in [3.63, 3.8) is 0 Å². The molecule has 0 spiro atoms. The molecule has 9 nitrogen and oxygen atoms in total. The molecule has 2 rings (SSSR count). The third-order valence-electron chi connectivity index (χ3n) is 2.81. The average Bonchev–Trinajstić information content (AvgIpc) is 2.99. The number of carbonyl (C=O) groups excluding carboxylic acids is 2. The first-order valence-electron chi connectivity index (χ1n) is 6.74. The smallest absolute Gasteiger partial charge is 0.357 e. The Morgan fingerprint density at radius 1 is 1.61 bits per heavy atom. The Morgan fingerprint density at radius 2 is 2.39 bits per heavy atom. The monoisotopic (exact) mass is 338 g/mol. The van der Waals surface area contributed by atoms with Crippen LogP contribution in [0.2, 0.25) is 0 Å². The van der Waals surface area contributed by atoms with E-state index in [1.54, 1.807) is 12.3 Å². The summed E-state index contributed by atoms with van der Waals surface area (Å²) in [4.78, 5) is 29.6. The van der Waals surface area contributed by atoms with Gasteiger partial charge in [0.25, 0.3) is 0 Å². The van der Waals surface area contributed by atoms with Crippen molar-refractivity contribution < 1.29 is 23.8 Å². The molecule has 1 aromatic rings. The van der Waals surface area contributed by atoms with Gasteiger partial charge in [-0.15, -0.1) is 11.3 Å². The highest BCUT2D eigenvalue weighted by atomic mass is 32.1. The van der Waals surface area contributed by atoms with Crippen LogP contribution >= 0.6 is 11.3 Å². The van der Waals surface area contributed by atoms with Crippen LogP contribution in [0, 0.1) is 0 Å². The molecule has 0 bridgehead atoms. The van der Waals surface area contributed by atoms with E-state index in [0.29, 0.717) is 10.8 Å². The summed E-state index contributed by atoms with van der Waals surface area (Å²) in [6.45, 7) is 3.26. The molecule has 1 aliphatic heterocycles. The van der Waals surface area contributed by atoms with Crippen LogP contribution in [0.25, 0.3) is 16.2 Å². The lowest BCUT2D eigenvalue weighted by Crippen LogP contribution is -2.35. The van der Waals surface area contributed by atoms with Gasteiger partial charge in [-0.1, -0.05) is 5.11 Å². The molecule has 10 heteroatoms. The standard InChI is InChI=1S/C13H14N4O5S/c1-3-20-13(19)9-6-23-12(15-9)10-4-8(16-17-14)11(5-21-10)22-7(2)18/h4,6,8,11H,3,5H2,1-2H3/t8-,11-/m1/s1. The number of carbonyl (C=O) groups is 2. The lowest BCUT2D eigenvalue weighted by molar-refractivity contribution is -0.149. The van der Waals surface area contributed by atoms with Gasteiger partial charge in [-0.3, -0.25) is 4.79 Å². The molecule has 0 saturated carbocycles. The van der Waals surface area contributed by atoms with Crippen LogP contribution in [0.5, 0.6) is 0 Å². The van der Waals surface area contributed by atoms with Crippen LogP contribution in [0.1, 0.15) is 29.3 Å². The van der Waals surface area contributed by atoms with E-state index in [0.717, 1.165) is 0 Å². The number of rotatable bonds is 5. The van der Waals surface area contributed by atoms with E-state index in [9.17, 15) is 9.59 Å². The Balaban J connectivity index is 2.21. The number of hydrogen-bond donors (Lipinski definition) is 0. The molecule has 2 atom stereocenters. The summed E-state index contributed by atoms with van der Waals surface area (Å²) >= 11 is 1.20. The van der Waals surface area contributed by atoms with Gasteiger partial charge in [0, 0.05) is 17.2 Å². The number of ether oxygens (including phenoxy) is 3. The maximum atomic E-state index is 11.6. The number of thiazole rings is 1. The number of esters is 2. The zero-order valence-electron chi connectivity index (χ0n) is 12.5. The van der Waals surface area contributed by atoms with Crippen molar-refractivity contribution in [2.45, 2.75) is 26.0 Å². The minimum Gasteiger partial charge on any atom is -0.487 e. The van der Waals surface area contributed by atoms with Crippen LogP contribution in [0.4, 0.5) is 0 Å². The number of azide groups is 1. The van der Waals surface area contributed by atoms with Crippen molar-refractivity contribution in [2.24, 2.45) is 5.11 Å². The lowest BCUT2D eigenvalue weighted by Gasteiger charge is -2.26. The molecule has 0 amide bonds. The first-order chi connectivity index (χ1) is 11.0. The van der Waals surface area contributed by atoms with Crippen molar-refractivity contribution in [1.29, 1.82) is 0 Å². The van der Waals surface area contributed by atoms with E-state index in [-0.39, 0.29) is 18.9 Å². The molecule has 0 fully saturated rings. The molecule has 0 radical (unpaired) electrons. The summed E-state index contributed by atoms with van der Waals surface area (Å²) in [6, 6.07) is -0.706. The topological polar surface area (TPSA) is 123 Å². The first-order valence-corrected chi connectivity index (χ1v) is 7.62. The van der Waals surface area contributed by atoms with E-state index in [1.165, 1.54) is 24.3 Å². The summed E-state index contributed by atoms with van der Waals surface area (Å²) in [7, 11) is 0. The van der Waals surface area contributed by atoms with Gasteiger partial charge < -0.3 is 14.2 Å². The Hall–Kier alpha value is -2.58. The summed E-state index contributed by atoms with van der Waals surface area (Å²) in [5.74, 6) is -0.644. The normalized spacial score (nSPS) is 19.8. The molecule has 2 heterocycles. The summed E-state index contributed by atoms with van der Waals surface area (Å²) < 4.78 is 15.4. The molecule has 0 aromatic carbocycles. The van der Waals surface area contributed by atoms with Crippen molar-refractivity contribution in [3.8, 4) is 0 Å². The van der Waals surface area contributed by atoms with Crippen LogP contribution in [-0.2, 0) is 19.0 Å². The van der Waals surface area contributed by atoms with Gasteiger partial charge in [-0.2, -0.15) is 0 Å². The molecule has 1 aromatic heterocycles. The maximum absolute atomic E-state index is 11.6. The van der Waals surface area contributed by atoms with Crippen molar-refractivity contribution in [3.05, 3.63) is 32.6 Å². The fraction of sp³-hybridized carbons (Fsp3) is 0.462. The minimum absolute atomic E-state index is 0.0312. The highest BCUT2D eigenvalue weighted by Gasteiger charge is 2.29. The molecule has 0 aliphatic carbocycles. The third-order valence-corrected chi connectivity index (χ3v) is 3.66. The summed E-state index contributed by atoms with van der Waals surface area (Å²) in [5, 5.41) is 5.60. The van der Waals surface area contributed by atoms with Crippen LogP contribution in [-0.4, -0.2) is 42.3 Å². The molecule has 23 heavy (non-hydrogen) atoms. The summed E-state index contributed by atoms with van der Waals surface area (Å²) in [6.07, 6.45) is 0.821. The van der Waals surface area contributed by atoms with E-state index < -0.39 is 24.1 Å². The van der Waals surface area contributed by atoms with E-state index in [1.807, 2.05) is 0 Å². The van der Waals surface area contributed by atoms with Gasteiger partial charge >= 0.3 is 11.9 Å². The van der Waals surface area contributed by atoms with Crippen molar-refractivity contribution >= 4 is 29.0 Å².